The van der Waals surface area contributed by atoms with Crippen LogP contribution in [0.3, 0.4) is 0 Å². The monoisotopic (exact) mass is 344 g/mol. The Labute approximate surface area is 124 Å². The second kappa shape index (κ2) is 6.49. The van der Waals surface area contributed by atoms with Gasteiger partial charge in [0.2, 0.25) is 0 Å². The normalized spacial score (nSPS) is 12.4. The van der Waals surface area contributed by atoms with Crippen LogP contribution in [0.1, 0.15) is 17.0 Å². The summed E-state index contributed by atoms with van der Waals surface area (Å²) in [5, 5.41) is 1.13. The van der Waals surface area contributed by atoms with Crippen LogP contribution in [0.4, 0.5) is 8.78 Å². The first-order valence-corrected chi connectivity index (χ1v) is 7.35. The summed E-state index contributed by atoms with van der Waals surface area (Å²) in [6.45, 7) is 0. The van der Waals surface area contributed by atoms with Crippen LogP contribution in [-0.4, -0.2) is 5.33 Å². The molecule has 1 atom stereocenters. The van der Waals surface area contributed by atoms with Crippen LogP contribution in [0, 0.1) is 11.6 Å². The summed E-state index contributed by atoms with van der Waals surface area (Å²) in [6, 6.07) is 10.9. The lowest BCUT2D eigenvalue weighted by Gasteiger charge is -2.15. The Morgan fingerprint density at radius 3 is 2.58 bits per heavy atom. The van der Waals surface area contributed by atoms with E-state index in [4.69, 9.17) is 11.6 Å². The van der Waals surface area contributed by atoms with E-state index in [-0.39, 0.29) is 17.6 Å². The number of hydrogen-bond acceptors (Lipinski definition) is 0. The van der Waals surface area contributed by atoms with E-state index in [1.807, 2.05) is 6.07 Å². The van der Waals surface area contributed by atoms with Gasteiger partial charge >= 0.3 is 0 Å². The highest BCUT2D eigenvalue weighted by atomic mass is 79.9. The largest absolute Gasteiger partial charge is 0.207 e. The molecule has 0 aromatic heterocycles. The molecule has 0 heterocycles. The molecule has 0 spiro atoms. The summed E-state index contributed by atoms with van der Waals surface area (Å²) in [6.07, 6.45) is 0.473. The average molecular weight is 346 g/mol. The molecule has 1 unspecified atom stereocenters. The third-order valence-corrected chi connectivity index (χ3v) is 4.00. The smallest absolute Gasteiger partial charge is 0.126 e. The SMILES string of the molecule is Fc1cccc(C(CBr)Cc2cc(Cl)ccc2F)c1. The first-order valence-electron chi connectivity index (χ1n) is 5.85. The minimum atomic E-state index is -0.285. The predicted molar refractivity (Wildman–Crippen MR) is 78.0 cm³/mol. The molecule has 0 bridgehead atoms. The van der Waals surface area contributed by atoms with E-state index in [1.165, 1.54) is 24.3 Å². The van der Waals surface area contributed by atoms with Crippen molar-refractivity contribution in [3.05, 3.63) is 70.2 Å². The predicted octanol–water partition coefficient (Wildman–Crippen LogP) is 5.34. The van der Waals surface area contributed by atoms with Crippen molar-refractivity contribution in [1.82, 2.24) is 0 Å². The van der Waals surface area contributed by atoms with Gasteiger partial charge in [0.15, 0.2) is 0 Å². The van der Waals surface area contributed by atoms with E-state index in [9.17, 15) is 8.78 Å². The molecule has 0 fully saturated rings. The molecule has 0 amide bonds. The molecule has 0 aliphatic carbocycles. The maximum Gasteiger partial charge on any atom is 0.126 e. The summed E-state index contributed by atoms with van der Waals surface area (Å²) in [5.74, 6) is -0.564. The van der Waals surface area contributed by atoms with Crippen molar-refractivity contribution in [3.8, 4) is 0 Å². The zero-order valence-corrected chi connectivity index (χ0v) is 12.4. The van der Waals surface area contributed by atoms with E-state index >= 15 is 0 Å². The number of alkyl halides is 1. The highest BCUT2D eigenvalue weighted by molar-refractivity contribution is 9.09. The Balaban J connectivity index is 2.26. The van der Waals surface area contributed by atoms with Crippen molar-refractivity contribution in [2.75, 3.05) is 5.33 Å². The lowest BCUT2D eigenvalue weighted by atomic mass is 9.93. The zero-order valence-electron chi connectivity index (χ0n) is 10.0. The summed E-state index contributed by atoms with van der Waals surface area (Å²) in [5.41, 5.74) is 1.39. The summed E-state index contributed by atoms with van der Waals surface area (Å²) in [4.78, 5) is 0. The van der Waals surface area contributed by atoms with Gasteiger partial charge in [-0.15, -0.1) is 0 Å². The molecule has 2 rings (SSSR count). The summed E-state index contributed by atoms with van der Waals surface area (Å²) in [7, 11) is 0. The molecule has 0 radical (unpaired) electrons. The van der Waals surface area contributed by atoms with Crippen LogP contribution >= 0.6 is 27.5 Å². The standard InChI is InChI=1S/C15H12BrClF2/c16-9-12(10-2-1-3-14(18)8-10)6-11-7-13(17)4-5-15(11)19/h1-5,7-8,12H,6,9H2. The Morgan fingerprint density at radius 1 is 1.11 bits per heavy atom. The molecule has 0 saturated carbocycles. The highest BCUT2D eigenvalue weighted by Crippen LogP contribution is 2.26. The number of rotatable bonds is 4. The fraction of sp³-hybridized carbons (Fsp3) is 0.200. The maximum absolute atomic E-state index is 13.7. The lowest BCUT2D eigenvalue weighted by Crippen LogP contribution is -2.06. The fourth-order valence-corrected chi connectivity index (χ4v) is 2.78. The van der Waals surface area contributed by atoms with Crippen LogP contribution < -0.4 is 0 Å². The van der Waals surface area contributed by atoms with Crippen molar-refractivity contribution >= 4 is 27.5 Å². The third kappa shape index (κ3) is 3.77. The average Bonchev–Trinajstić information content (AvgIpc) is 2.39. The number of hydrogen-bond donors (Lipinski definition) is 0. The summed E-state index contributed by atoms with van der Waals surface area (Å²) < 4.78 is 26.9. The minimum Gasteiger partial charge on any atom is -0.207 e. The van der Waals surface area contributed by atoms with Crippen LogP contribution in [0.2, 0.25) is 5.02 Å². The van der Waals surface area contributed by atoms with Crippen molar-refractivity contribution in [3.63, 3.8) is 0 Å². The van der Waals surface area contributed by atoms with Crippen LogP contribution in [-0.2, 0) is 6.42 Å². The zero-order chi connectivity index (χ0) is 13.8. The lowest BCUT2D eigenvalue weighted by molar-refractivity contribution is 0.596. The van der Waals surface area contributed by atoms with Crippen molar-refractivity contribution in [1.29, 1.82) is 0 Å². The molecular formula is C15H12BrClF2. The molecule has 0 nitrogen and oxygen atoms in total. The number of halogens is 4. The van der Waals surface area contributed by atoms with Gasteiger partial charge in [-0.3, -0.25) is 0 Å². The van der Waals surface area contributed by atoms with Crippen molar-refractivity contribution < 1.29 is 8.78 Å². The Morgan fingerprint density at radius 2 is 1.89 bits per heavy atom. The fourth-order valence-electron chi connectivity index (χ4n) is 1.99. The van der Waals surface area contributed by atoms with Gasteiger partial charge in [0, 0.05) is 10.4 Å². The van der Waals surface area contributed by atoms with Gasteiger partial charge in [-0.1, -0.05) is 39.7 Å². The molecule has 0 aliphatic heterocycles. The molecule has 4 heteroatoms. The highest BCUT2D eigenvalue weighted by Gasteiger charge is 2.14. The van der Waals surface area contributed by atoms with Gasteiger partial charge in [0.05, 0.1) is 0 Å². The van der Waals surface area contributed by atoms with E-state index < -0.39 is 0 Å². The summed E-state index contributed by atoms with van der Waals surface area (Å²) >= 11 is 9.28. The number of benzene rings is 2. The van der Waals surface area contributed by atoms with E-state index in [0.29, 0.717) is 22.3 Å². The van der Waals surface area contributed by atoms with E-state index in [0.717, 1.165) is 5.56 Å². The molecule has 19 heavy (non-hydrogen) atoms. The van der Waals surface area contributed by atoms with Gasteiger partial charge in [-0.05, 0) is 53.8 Å². The molecule has 0 N–H and O–H groups in total. The maximum atomic E-state index is 13.7. The third-order valence-electron chi connectivity index (χ3n) is 2.98. The van der Waals surface area contributed by atoms with E-state index in [1.54, 1.807) is 12.1 Å². The Kier molecular flexibility index (Phi) is 4.94. The van der Waals surface area contributed by atoms with E-state index in [2.05, 4.69) is 15.9 Å². The van der Waals surface area contributed by atoms with Gasteiger partial charge in [-0.25, -0.2) is 8.78 Å². The minimum absolute atomic E-state index is 0.00340. The van der Waals surface area contributed by atoms with Crippen molar-refractivity contribution in [2.24, 2.45) is 0 Å². The molecule has 0 aliphatic rings. The first-order chi connectivity index (χ1) is 9.10. The Bertz CT molecular complexity index is 572. The van der Waals surface area contributed by atoms with Crippen LogP contribution in [0.25, 0.3) is 0 Å². The topological polar surface area (TPSA) is 0 Å². The van der Waals surface area contributed by atoms with Gasteiger partial charge in [0.25, 0.3) is 0 Å². The molecule has 0 saturated heterocycles. The second-order valence-corrected chi connectivity index (χ2v) is 5.43. The second-order valence-electron chi connectivity index (χ2n) is 4.35. The van der Waals surface area contributed by atoms with Crippen LogP contribution in [0.15, 0.2) is 42.5 Å². The van der Waals surface area contributed by atoms with Crippen molar-refractivity contribution in [2.45, 2.75) is 12.3 Å². The van der Waals surface area contributed by atoms with Gasteiger partial charge < -0.3 is 0 Å². The molecule has 2 aromatic carbocycles. The molecular weight excluding hydrogens is 334 g/mol. The van der Waals surface area contributed by atoms with Gasteiger partial charge in [-0.2, -0.15) is 0 Å². The van der Waals surface area contributed by atoms with Crippen LogP contribution in [0.5, 0.6) is 0 Å². The first kappa shape index (κ1) is 14.5. The molecule has 100 valence electrons. The Hall–Kier alpha value is -0.930. The van der Waals surface area contributed by atoms with Gasteiger partial charge in [0.1, 0.15) is 11.6 Å². The molecule has 2 aromatic rings. The quantitative estimate of drug-likeness (QED) is 0.656.